The van der Waals surface area contributed by atoms with E-state index < -0.39 is 10.0 Å². The molecule has 1 fully saturated rings. The maximum Gasteiger partial charge on any atom is 0.244 e. The Morgan fingerprint density at radius 1 is 1.19 bits per heavy atom. The highest BCUT2D eigenvalue weighted by Gasteiger charge is 2.31. The first-order valence-corrected chi connectivity index (χ1v) is 10.6. The number of nitrogen functional groups attached to an aromatic ring is 1. The molecule has 1 saturated heterocycles. The maximum atomic E-state index is 13.2. The van der Waals surface area contributed by atoms with Gasteiger partial charge in [-0.25, -0.2) is 18.4 Å². The molecule has 0 unspecified atom stereocenters. The first-order valence-electron chi connectivity index (χ1n) is 8.83. The van der Waals surface area contributed by atoms with Crippen LogP contribution in [-0.2, 0) is 10.0 Å². The molecule has 7 nitrogen and oxygen atoms in total. The van der Waals surface area contributed by atoms with Crippen molar-refractivity contribution in [1.82, 2.24) is 19.2 Å². The van der Waals surface area contributed by atoms with Crippen LogP contribution in [0.5, 0.6) is 0 Å². The van der Waals surface area contributed by atoms with Crippen LogP contribution >= 0.6 is 11.6 Å². The molecule has 1 aliphatic rings. The minimum atomic E-state index is -3.68. The van der Waals surface area contributed by atoms with Crippen LogP contribution in [0, 0.1) is 6.92 Å². The van der Waals surface area contributed by atoms with Gasteiger partial charge < -0.3 is 5.73 Å². The highest BCUT2D eigenvalue weighted by molar-refractivity contribution is 7.89. The van der Waals surface area contributed by atoms with Crippen LogP contribution in [0.1, 0.15) is 19.5 Å². The Kier molecular flexibility index (Phi) is 5.71. The molecule has 0 spiro atoms. The Hall–Kier alpha value is -1.74. The quantitative estimate of drug-likeness (QED) is 0.833. The van der Waals surface area contributed by atoms with Gasteiger partial charge in [0.25, 0.3) is 0 Å². The molecule has 1 aromatic heterocycles. The molecule has 2 N–H and O–H groups in total. The number of aromatic nitrogens is 2. The van der Waals surface area contributed by atoms with Crippen molar-refractivity contribution in [3.8, 4) is 11.1 Å². The molecule has 0 atom stereocenters. The van der Waals surface area contributed by atoms with Crippen molar-refractivity contribution < 1.29 is 8.42 Å². The topological polar surface area (TPSA) is 92.4 Å². The van der Waals surface area contributed by atoms with E-state index in [1.54, 1.807) is 31.3 Å². The third-order valence-electron chi connectivity index (χ3n) is 4.86. The van der Waals surface area contributed by atoms with E-state index in [9.17, 15) is 8.42 Å². The SMILES string of the molecule is Cc1nc(N)ncc1-c1ccc(Cl)c(S(=O)(=O)N2CCN(C(C)C)CC2)c1. The molecule has 1 aliphatic heterocycles. The highest BCUT2D eigenvalue weighted by Crippen LogP contribution is 2.31. The van der Waals surface area contributed by atoms with E-state index in [-0.39, 0.29) is 15.9 Å². The number of rotatable bonds is 4. The third-order valence-corrected chi connectivity index (χ3v) is 7.24. The van der Waals surface area contributed by atoms with Gasteiger partial charge in [-0.1, -0.05) is 17.7 Å². The lowest BCUT2D eigenvalue weighted by Gasteiger charge is -2.36. The van der Waals surface area contributed by atoms with Crippen molar-refractivity contribution in [2.75, 3.05) is 31.9 Å². The van der Waals surface area contributed by atoms with E-state index in [2.05, 4.69) is 28.7 Å². The third kappa shape index (κ3) is 4.08. The number of halogens is 1. The number of benzene rings is 1. The van der Waals surface area contributed by atoms with Gasteiger partial charge in [0.1, 0.15) is 4.90 Å². The lowest BCUT2D eigenvalue weighted by molar-refractivity contribution is 0.154. The summed E-state index contributed by atoms with van der Waals surface area (Å²) in [6, 6.07) is 5.35. The Bertz CT molecular complexity index is 941. The predicted octanol–water partition coefficient (Wildman–Crippen LogP) is 2.40. The summed E-state index contributed by atoms with van der Waals surface area (Å²) in [5.74, 6) is 0.182. The van der Waals surface area contributed by atoms with Gasteiger partial charge in [-0.2, -0.15) is 4.31 Å². The molecule has 0 saturated carbocycles. The fourth-order valence-electron chi connectivity index (χ4n) is 3.24. The van der Waals surface area contributed by atoms with Crippen LogP contribution in [0.3, 0.4) is 0 Å². The zero-order valence-corrected chi connectivity index (χ0v) is 17.3. The lowest BCUT2D eigenvalue weighted by Crippen LogP contribution is -2.50. The van der Waals surface area contributed by atoms with E-state index in [0.717, 1.165) is 5.56 Å². The molecular weight excluding hydrogens is 386 g/mol. The van der Waals surface area contributed by atoms with Crippen LogP contribution < -0.4 is 5.73 Å². The zero-order valence-electron chi connectivity index (χ0n) is 15.7. The molecular formula is C18H24ClN5O2S. The van der Waals surface area contributed by atoms with E-state index in [0.29, 0.717) is 43.5 Å². The molecule has 0 radical (unpaired) electrons. The highest BCUT2D eigenvalue weighted by atomic mass is 35.5. The molecule has 0 bridgehead atoms. The first-order chi connectivity index (χ1) is 12.7. The summed E-state index contributed by atoms with van der Waals surface area (Å²) in [6.45, 7) is 8.35. The van der Waals surface area contributed by atoms with E-state index in [1.165, 1.54) is 4.31 Å². The summed E-state index contributed by atoms with van der Waals surface area (Å²) in [5.41, 5.74) is 7.70. The van der Waals surface area contributed by atoms with E-state index in [4.69, 9.17) is 17.3 Å². The molecule has 9 heteroatoms. The van der Waals surface area contributed by atoms with E-state index in [1.807, 2.05) is 0 Å². The standard InChI is InChI=1S/C18H24ClN5O2S/c1-12(2)23-6-8-24(9-7-23)27(25,26)17-10-14(4-5-16(17)19)15-11-21-18(20)22-13(15)3/h4-5,10-12H,6-9H2,1-3H3,(H2,20,21,22). The molecule has 1 aromatic carbocycles. The van der Waals surface area contributed by atoms with Crippen molar-refractivity contribution in [3.63, 3.8) is 0 Å². The van der Waals surface area contributed by atoms with Gasteiger partial charge in [-0.05, 0) is 38.5 Å². The zero-order chi connectivity index (χ0) is 19.8. The largest absolute Gasteiger partial charge is 0.368 e. The second kappa shape index (κ2) is 7.71. The van der Waals surface area contributed by atoms with Gasteiger partial charge in [0, 0.05) is 44.0 Å². The summed E-state index contributed by atoms with van der Waals surface area (Å²) in [6.07, 6.45) is 1.60. The van der Waals surface area contributed by atoms with Gasteiger partial charge in [-0.15, -0.1) is 0 Å². The number of hydrogen-bond acceptors (Lipinski definition) is 6. The summed E-state index contributed by atoms with van der Waals surface area (Å²) < 4.78 is 27.9. The van der Waals surface area contributed by atoms with Crippen molar-refractivity contribution >= 4 is 27.6 Å². The van der Waals surface area contributed by atoms with Gasteiger partial charge in [0.05, 0.1) is 10.7 Å². The Labute approximate surface area is 165 Å². The second-order valence-corrected chi connectivity index (χ2v) is 9.22. The van der Waals surface area contributed by atoms with Gasteiger partial charge in [-0.3, -0.25) is 4.90 Å². The number of aryl methyl sites for hydroxylation is 1. The lowest BCUT2D eigenvalue weighted by atomic mass is 10.1. The number of anilines is 1. The monoisotopic (exact) mass is 409 g/mol. The average Bonchev–Trinajstić information content (AvgIpc) is 2.62. The molecule has 146 valence electrons. The van der Waals surface area contributed by atoms with Crippen LogP contribution in [0.4, 0.5) is 5.95 Å². The summed E-state index contributed by atoms with van der Waals surface area (Å²) in [5, 5.41) is 0.207. The van der Waals surface area contributed by atoms with Gasteiger partial charge in [0.15, 0.2) is 0 Å². The summed E-state index contributed by atoms with van der Waals surface area (Å²) in [4.78, 5) is 10.5. The Balaban J connectivity index is 1.94. The smallest absolute Gasteiger partial charge is 0.244 e. The van der Waals surface area contributed by atoms with Crippen LogP contribution in [-0.4, -0.2) is 59.8 Å². The van der Waals surface area contributed by atoms with Crippen molar-refractivity contribution in [2.45, 2.75) is 31.7 Å². The van der Waals surface area contributed by atoms with Gasteiger partial charge >= 0.3 is 0 Å². The summed E-state index contributed by atoms with van der Waals surface area (Å²) >= 11 is 6.26. The molecule has 27 heavy (non-hydrogen) atoms. The Morgan fingerprint density at radius 3 is 2.44 bits per heavy atom. The average molecular weight is 410 g/mol. The number of sulfonamides is 1. The van der Waals surface area contributed by atoms with Crippen molar-refractivity contribution in [1.29, 1.82) is 0 Å². The minimum absolute atomic E-state index is 0.107. The van der Waals surface area contributed by atoms with Crippen molar-refractivity contribution in [2.24, 2.45) is 0 Å². The van der Waals surface area contributed by atoms with Crippen LogP contribution in [0.15, 0.2) is 29.3 Å². The first kappa shape index (κ1) is 20.0. The number of nitrogens with two attached hydrogens (primary N) is 1. The number of piperazine rings is 1. The summed E-state index contributed by atoms with van der Waals surface area (Å²) in [7, 11) is -3.68. The Morgan fingerprint density at radius 2 is 1.85 bits per heavy atom. The fourth-order valence-corrected chi connectivity index (χ4v) is 5.16. The molecule has 0 amide bonds. The molecule has 2 heterocycles. The second-order valence-electron chi connectivity index (χ2n) is 6.91. The van der Waals surface area contributed by atoms with Crippen LogP contribution in [0.2, 0.25) is 5.02 Å². The van der Waals surface area contributed by atoms with Gasteiger partial charge in [0.2, 0.25) is 16.0 Å². The van der Waals surface area contributed by atoms with E-state index >= 15 is 0 Å². The van der Waals surface area contributed by atoms with Crippen molar-refractivity contribution in [3.05, 3.63) is 35.1 Å². The van der Waals surface area contributed by atoms with Crippen LogP contribution in [0.25, 0.3) is 11.1 Å². The molecule has 3 rings (SSSR count). The predicted molar refractivity (Wildman–Crippen MR) is 107 cm³/mol. The minimum Gasteiger partial charge on any atom is -0.368 e. The molecule has 0 aliphatic carbocycles. The fraction of sp³-hybridized carbons (Fsp3) is 0.444. The molecule has 2 aromatic rings. The number of nitrogens with zero attached hydrogens (tertiary/aromatic N) is 4. The number of hydrogen-bond donors (Lipinski definition) is 1. The maximum absolute atomic E-state index is 13.2. The normalized spacial score (nSPS) is 16.8.